The summed E-state index contributed by atoms with van der Waals surface area (Å²) in [7, 11) is 0. The number of pyridine rings is 1. The minimum atomic E-state index is -0.0379. The van der Waals surface area contributed by atoms with Gasteiger partial charge < -0.3 is 4.42 Å². The second-order valence-electron chi connectivity index (χ2n) is 5.68. The Balaban J connectivity index is 1.78. The summed E-state index contributed by atoms with van der Waals surface area (Å²) in [5, 5.41) is 2.55. The molecule has 0 radical (unpaired) electrons. The van der Waals surface area contributed by atoms with Crippen molar-refractivity contribution in [2.45, 2.75) is 19.4 Å². The Labute approximate surface area is 142 Å². The standard InChI is InChI=1S/C18H15N3O2S/c1-12(8-13-4-2-6-19-9-13)21-11-20-17-16(18(21)22)14(10-24-17)15-5-3-7-23-15/h2-7,9-12H,8H2,1H3. The number of hydrogen-bond acceptors (Lipinski definition) is 5. The van der Waals surface area contributed by atoms with Crippen molar-refractivity contribution >= 4 is 21.6 Å². The van der Waals surface area contributed by atoms with Gasteiger partial charge in [-0.1, -0.05) is 6.07 Å². The molecule has 0 fully saturated rings. The molecule has 0 N–H and O–H groups in total. The van der Waals surface area contributed by atoms with Crippen LogP contribution in [-0.4, -0.2) is 14.5 Å². The summed E-state index contributed by atoms with van der Waals surface area (Å²) >= 11 is 1.46. The van der Waals surface area contributed by atoms with E-state index in [-0.39, 0.29) is 11.6 Å². The molecule has 120 valence electrons. The van der Waals surface area contributed by atoms with Gasteiger partial charge in [-0.2, -0.15) is 0 Å². The molecule has 4 heterocycles. The third-order valence-electron chi connectivity index (χ3n) is 4.03. The quantitative estimate of drug-likeness (QED) is 0.566. The second-order valence-corrected chi connectivity index (χ2v) is 6.54. The lowest BCUT2D eigenvalue weighted by atomic mass is 10.1. The zero-order chi connectivity index (χ0) is 16.5. The SMILES string of the molecule is CC(Cc1cccnc1)n1cnc2scc(-c3ccco3)c2c1=O. The van der Waals surface area contributed by atoms with Crippen molar-refractivity contribution in [2.24, 2.45) is 0 Å². The average molecular weight is 337 g/mol. The van der Waals surface area contributed by atoms with E-state index in [9.17, 15) is 4.79 Å². The van der Waals surface area contributed by atoms with Gasteiger partial charge in [-0.3, -0.25) is 14.3 Å². The van der Waals surface area contributed by atoms with Gasteiger partial charge in [0, 0.05) is 29.4 Å². The lowest BCUT2D eigenvalue weighted by molar-refractivity contribution is 0.522. The minimum absolute atomic E-state index is 0.0112. The van der Waals surface area contributed by atoms with E-state index < -0.39 is 0 Å². The van der Waals surface area contributed by atoms with Crippen LogP contribution >= 0.6 is 11.3 Å². The summed E-state index contributed by atoms with van der Waals surface area (Å²) in [5.41, 5.74) is 1.86. The molecular formula is C18H15N3O2S. The summed E-state index contributed by atoms with van der Waals surface area (Å²) in [6.45, 7) is 2.01. The number of fused-ring (bicyclic) bond motifs is 1. The van der Waals surface area contributed by atoms with Crippen LogP contribution in [0.15, 0.2) is 63.8 Å². The van der Waals surface area contributed by atoms with Crippen LogP contribution in [0.3, 0.4) is 0 Å². The normalized spacial score (nSPS) is 12.5. The maximum absolute atomic E-state index is 13.0. The second kappa shape index (κ2) is 6.05. The Hall–Kier alpha value is -2.73. The maximum Gasteiger partial charge on any atom is 0.263 e. The summed E-state index contributed by atoms with van der Waals surface area (Å²) in [6, 6.07) is 7.58. The average Bonchev–Trinajstić information content (AvgIpc) is 3.25. The topological polar surface area (TPSA) is 60.9 Å². The van der Waals surface area contributed by atoms with Crippen LogP contribution in [0.4, 0.5) is 0 Å². The smallest absolute Gasteiger partial charge is 0.263 e. The predicted molar refractivity (Wildman–Crippen MR) is 94.2 cm³/mol. The first-order valence-electron chi connectivity index (χ1n) is 7.65. The fourth-order valence-corrected chi connectivity index (χ4v) is 3.72. The third-order valence-corrected chi connectivity index (χ3v) is 4.92. The molecule has 0 aliphatic carbocycles. The van der Waals surface area contributed by atoms with Crippen LogP contribution in [0.2, 0.25) is 0 Å². The van der Waals surface area contributed by atoms with Gasteiger partial charge in [0.05, 0.1) is 18.0 Å². The predicted octanol–water partition coefficient (Wildman–Crippen LogP) is 3.92. The molecule has 0 saturated heterocycles. The van der Waals surface area contributed by atoms with Gasteiger partial charge in [-0.05, 0) is 37.1 Å². The molecule has 0 spiro atoms. The molecule has 0 aliphatic heterocycles. The summed E-state index contributed by atoms with van der Waals surface area (Å²) < 4.78 is 7.15. The lowest BCUT2D eigenvalue weighted by Crippen LogP contribution is -2.24. The highest BCUT2D eigenvalue weighted by Gasteiger charge is 2.17. The van der Waals surface area contributed by atoms with Crippen molar-refractivity contribution < 1.29 is 4.42 Å². The molecule has 0 amide bonds. The minimum Gasteiger partial charge on any atom is -0.464 e. The van der Waals surface area contributed by atoms with Crippen LogP contribution in [0, 0.1) is 0 Å². The molecule has 0 bridgehead atoms. The number of furan rings is 1. The Morgan fingerprint density at radius 2 is 2.25 bits per heavy atom. The largest absolute Gasteiger partial charge is 0.464 e. The van der Waals surface area contributed by atoms with Crippen LogP contribution in [0.1, 0.15) is 18.5 Å². The molecule has 4 aromatic heterocycles. The fourth-order valence-electron chi connectivity index (χ4n) is 2.83. The fraction of sp³-hybridized carbons (Fsp3) is 0.167. The monoisotopic (exact) mass is 337 g/mol. The first-order valence-corrected chi connectivity index (χ1v) is 8.53. The van der Waals surface area contributed by atoms with Crippen molar-refractivity contribution in [1.29, 1.82) is 0 Å². The first-order chi connectivity index (χ1) is 11.7. The summed E-state index contributed by atoms with van der Waals surface area (Å²) in [5.74, 6) is 0.692. The number of nitrogens with zero attached hydrogens (tertiary/aromatic N) is 3. The van der Waals surface area contributed by atoms with Crippen molar-refractivity contribution in [1.82, 2.24) is 14.5 Å². The highest BCUT2D eigenvalue weighted by atomic mass is 32.1. The molecule has 1 unspecified atom stereocenters. The number of rotatable bonds is 4. The van der Waals surface area contributed by atoms with E-state index in [0.29, 0.717) is 11.1 Å². The Morgan fingerprint density at radius 3 is 3.00 bits per heavy atom. The molecule has 0 aliphatic rings. The zero-order valence-corrected chi connectivity index (χ0v) is 13.9. The van der Waals surface area contributed by atoms with E-state index in [1.807, 2.05) is 42.8 Å². The molecule has 0 aromatic carbocycles. The van der Waals surface area contributed by atoms with Crippen molar-refractivity contribution in [3.63, 3.8) is 0 Å². The summed E-state index contributed by atoms with van der Waals surface area (Å²) in [4.78, 5) is 22.3. The molecule has 0 saturated carbocycles. The molecule has 4 rings (SSSR count). The van der Waals surface area contributed by atoms with E-state index in [1.165, 1.54) is 11.3 Å². The highest BCUT2D eigenvalue weighted by molar-refractivity contribution is 7.17. The highest BCUT2D eigenvalue weighted by Crippen LogP contribution is 2.31. The molecular weight excluding hydrogens is 322 g/mol. The van der Waals surface area contributed by atoms with E-state index in [0.717, 1.165) is 22.4 Å². The van der Waals surface area contributed by atoms with Crippen LogP contribution in [0.5, 0.6) is 0 Å². The molecule has 4 aromatic rings. The van der Waals surface area contributed by atoms with Gasteiger partial charge in [0.25, 0.3) is 5.56 Å². The number of hydrogen-bond donors (Lipinski definition) is 0. The van der Waals surface area contributed by atoms with Gasteiger partial charge in [0.15, 0.2) is 0 Å². The van der Waals surface area contributed by atoms with Crippen molar-refractivity contribution in [2.75, 3.05) is 0 Å². The van der Waals surface area contributed by atoms with E-state index >= 15 is 0 Å². The van der Waals surface area contributed by atoms with Gasteiger partial charge in [0.1, 0.15) is 10.6 Å². The van der Waals surface area contributed by atoms with Gasteiger partial charge in [0.2, 0.25) is 0 Å². The Kier molecular flexibility index (Phi) is 3.74. The van der Waals surface area contributed by atoms with Crippen molar-refractivity contribution in [3.8, 4) is 11.3 Å². The lowest BCUT2D eigenvalue weighted by Gasteiger charge is -2.14. The Morgan fingerprint density at radius 1 is 1.33 bits per heavy atom. The zero-order valence-electron chi connectivity index (χ0n) is 13.0. The van der Waals surface area contributed by atoms with E-state index in [4.69, 9.17) is 4.42 Å². The summed E-state index contributed by atoms with van der Waals surface area (Å²) in [6.07, 6.45) is 7.54. The molecule has 5 nitrogen and oxygen atoms in total. The van der Waals surface area contributed by atoms with E-state index in [2.05, 4.69) is 9.97 Å². The van der Waals surface area contributed by atoms with Gasteiger partial charge >= 0.3 is 0 Å². The van der Waals surface area contributed by atoms with E-state index in [1.54, 1.807) is 23.4 Å². The number of aromatic nitrogens is 3. The van der Waals surface area contributed by atoms with Crippen LogP contribution in [-0.2, 0) is 6.42 Å². The van der Waals surface area contributed by atoms with Crippen molar-refractivity contribution in [3.05, 3.63) is 70.5 Å². The Bertz CT molecular complexity index is 1020. The molecule has 6 heteroatoms. The van der Waals surface area contributed by atoms with Gasteiger partial charge in [-0.25, -0.2) is 4.98 Å². The number of thiophene rings is 1. The van der Waals surface area contributed by atoms with Gasteiger partial charge in [-0.15, -0.1) is 11.3 Å². The molecule has 24 heavy (non-hydrogen) atoms. The first kappa shape index (κ1) is 14.8. The third kappa shape index (κ3) is 2.55. The molecule has 1 atom stereocenters. The maximum atomic E-state index is 13.0. The van der Waals surface area contributed by atoms with Crippen LogP contribution in [0.25, 0.3) is 21.5 Å². The van der Waals surface area contributed by atoms with Crippen LogP contribution < -0.4 is 5.56 Å².